The summed E-state index contributed by atoms with van der Waals surface area (Å²) in [4.78, 5) is 23.0. The van der Waals surface area contributed by atoms with Gasteiger partial charge in [-0.1, -0.05) is 34.8 Å². The van der Waals surface area contributed by atoms with Crippen LogP contribution in [-0.2, 0) is 0 Å². The predicted molar refractivity (Wildman–Crippen MR) is 59.5 cm³/mol. The summed E-state index contributed by atoms with van der Waals surface area (Å²) in [7, 11) is 0. The van der Waals surface area contributed by atoms with Gasteiger partial charge in [0.05, 0.1) is 21.2 Å². The van der Waals surface area contributed by atoms with Crippen LogP contribution in [-0.4, -0.2) is 21.3 Å². The third-order valence-electron chi connectivity index (χ3n) is 2.08. The van der Waals surface area contributed by atoms with E-state index in [1.807, 2.05) is 0 Å². The number of fused-ring (bicyclic) bond motifs is 1. The molecule has 0 bridgehead atoms. The summed E-state index contributed by atoms with van der Waals surface area (Å²) in [5, 5.41) is 8.89. The van der Waals surface area contributed by atoms with E-state index in [0.717, 1.165) is 0 Å². The van der Waals surface area contributed by atoms with E-state index >= 15 is 0 Å². The minimum absolute atomic E-state index is 0.201. The molecule has 1 N–H and O–H groups in total. The van der Waals surface area contributed by atoms with E-state index in [0.29, 0.717) is 4.42 Å². The topological polar surface area (TPSA) is 57.6 Å². The van der Waals surface area contributed by atoms with Crippen molar-refractivity contribution in [1.29, 1.82) is 0 Å². The fourth-order valence-electron chi connectivity index (χ4n) is 1.35. The van der Waals surface area contributed by atoms with Crippen LogP contribution in [0.2, 0.25) is 15.1 Å². The van der Waals surface area contributed by atoms with Crippen molar-refractivity contribution in [1.82, 2.24) is 4.42 Å². The maximum Gasteiger partial charge on any atom is 0.280 e. The molecule has 0 unspecified atom stereocenters. The summed E-state index contributed by atoms with van der Waals surface area (Å²) >= 11 is 22.5. The highest BCUT2D eigenvalue weighted by atomic mass is 35.5. The largest absolute Gasteiger partial charge is 0.505 e. The summed E-state index contributed by atoms with van der Waals surface area (Å²) in [6.45, 7) is 0. The van der Waals surface area contributed by atoms with E-state index in [1.165, 1.54) is 0 Å². The van der Waals surface area contributed by atoms with E-state index in [1.54, 1.807) is 0 Å². The molecule has 0 fully saturated rings. The van der Waals surface area contributed by atoms with Crippen LogP contribution in [0.5, 0.6) is 5.75 Å². The second-order valence-electron chi connectivity index (χ2n) is 2.93. The van der Waals surface area contributed by atoms with Crippen molar-refractivity contribution in [2.45, 2.75) is 0 Å². The lowest BCUT2D eigenvalue weighted by molar-refractivity contribution is 0.0767. The lowest BCUT2D eigenvalue weighted by Gasteiger charge is -2.06. The van der Waals surface area contributed by atoms with Gasteiger partial charge in [-0.2, -0.15) is 4.42 Å². The number of nitrogens with zero attached hydrogens (tertiary/aromatic N) is 1. The van der Waals surface area contributed by atoms with Gasteiger partial charge in [0.15, 0.2) is 0 Å². The molecule has 0 atom stereocenters. The maximum atomic E-state index is 11.5. The van der Waals surface area contributed by atoms with Gasteiger partial charge in [0.2, 0.25) is 0 Å². The van der Waals surface area contributed by atoms with Gasteiger partial charge in [-0.3, -0.25) is 9.59 Å². The maximum absolute atomic E-state index is 11.5. The van der Waals surface area contributed by atoms with Gasteiger partial charge in [0.1, 0.15) is 10.8 Å². The van der Waals surface area contributed by atoms with Crippen molar-refractivity contribution in [3.8, 4) is 5.75 Å². The van der Waals surface area contributed by atoms with E-state index < -0.39 is 17.6 Å². The Bertz CT molecular complexity index is 496. The molecule has 84 valence electrons. The Morgan fingerprint density at radius 1 is 0.875 bits per heavy atom. The summed E-state index contributed by atoms with van der Waals surface area (Å²) in [5.74, 6) is -2.34. The Hall–Kier alpha value is -0.680. The van der Waals surface area contributed by atoms with Gasteiger partial charge < -0.3 is 5.11 Å². The molecular formula is C8HCl4NO3. The minimum Gasteiger partial charge on any atom is -0.505 e. The highest BCUT2D eigenvalue weighted by molar-refractivity contribution is 6.52. The molecule has 0 radical (unpaired) electrons. The fraction of sp³-hybridized carbons (Fsp3) is 0. The monoisotopic (exact) mass is 299 g/mol. The third kappa shape index (κ3) is 1.31. The van der Waals surface area contributed by atoms with Crippen LogP contribution in [0.25, 0.3) is 0 Å². The van der Waals surface area contributed by atoms with Gasteiger partial charge in [0.25, 0.3) is 11.8 Å². The Morgan fingerprint density at radius 3 is 1.94 bits per heavy atom. The lowest BCUT2D eigenvalue weighted by Crippen LogP contribution is -2.18. The quantitative estimate of drug-likeness (QED) is 0.455. The van der Waals surface area contributed by atoms with Gasteiger partial charge in [-0.15, -0.1) is 0 Å². The number of amides is 2. The number of carbonyl (C=O) groups excluding carboxylic acids is 2. The standard InChI is InChI=1S/C8HCl4NO3/c9-3-1-2(6(14)5(11)4(3)10)8(16)13(12)7(1)15/h14H. The van der Waals surface area contributed by atoms with Crippen LogP contribution in [0.3, 0.4) is 0 Å². The van der Waals surface area contributed by atoms with Crippen molar-refractivity contribution in [3.63, 3.8) is 0 Å². The minimum atomic E-state index is -0.889. The molecular weight excluding hydrogens is 300 g/mol. The van der Waals surface area contributed by atoms with E-state index in [2.05, 4.69) is 0 Å². The van der Waals surface area contributed by atoms with Crippen LogP contribution in [0, 0.1) is 0 Å². The smallest absolute Gasteiger partial charge is 0.280 e. The highest BCUT2D eigenvalue weighted by Crippen LogP contribution is 2.46. The zero-order valence-electron chi connectivity index (χ0n) is 7.22. The average molecular weight is 301 g/mol. The lowest BCUT2D eigenvalue weighted by atomic mass is 10.1. The number of phenols is 1. The van der Waals surface area contributed by atoms with Gasteiger partial charge in [0, 0.05) is 11.8 Å². The van der Waals surface area contributed by atoms with Crippen molar-refractivity contribution in [3.05, 3.63) is 26.2 Å². The van der Waals surface area contributed by atoms with Crippen LogP contribution >= 0.6 is 46.6 Å². The number of phenolic OH excluding ortho intramolecular Hbond substituents is 1. The number of hydrogen-bond acceptors (Lipinski definition) is 3. The molecule has 1 heterocycles. The van der Waals surface area contributed by atoms with Crippen molar-refractivity contribution >= 4 is 58.4 Å². The first-order chi connectivity index (χ1) is 7.37. The van der Waals surface area contributed by atoms with Gasteiger partial charge in [-0.25, -0.2) is 0 Å². The van der Waals surface area contributed by atoms with E-state index in [4.69, 9.17) is 46.6 Å². The SMILES string of the molecule is O=C1c2c(O)c(Cl)c(Cl)c(Cl)c2C(=O)N1Cl. The summed E-state index contributed by atoms with van der Waals surface area (Å²) in [5.41, 5.74) is -0.576. The summed E-state index contributed by atoms with van der Waals surface area (Å²) in [6.07, 6.45) is 0. The molecule has 0 aromatic heterocycles. The normalized spacial score (nSPS) is 14.6. The first kappa shape index (κ1) is 11.8. The van der Waals surface area contributed by atoms with Crippen LogP contribution < -0.4 is 0 Å². The first-order valence-electron chi connectivity index (χ1n) is 3.82. The Kier molecular flexibility index (Phi) is 2.70. The molecule has 0 saturated heterocycles. The molecule has 0 saturated carbocycles. The molecule has 0 aliphatic carbocycles. The van der Waals surface area contributed by atoms with Gasteiger partial charge >= 0.3 is 0 Å². The van der Waals surface area contributed by atoms with Crippen LogP contribution in [0.1, 0.15) is 20.7 Å². The number of benzene rings is 1. The molecule has 4 nitrogen and oxygen atoms in total. The van der Waals surface area contributed by atoms with Crippen molar-refractivity contribution in [2.24, 2.45) is 0 Å². The van der Waals surface area contributed by atoms with Crippen LogP contribution in [0.4, 0.5) is 0 Å². The van der Waals surface area contributed by atoms with Crippen molar-refractivity contribution < 1.29 is 14.7 Å². The Labute approximate surface area is 109 Å². The molecule has 1 aromatic rings. The molecule has 0 spiro atoms. The van der Waals surface area contributed by atoms with Crippen molar-refractivity contribution in [2.75, 3.05) is 0 Å². The number of halogens is 4. The zero-order valence-corrected chi connectivity index (χ0v) is 10.2. The second kappa shape index (κ2) is 3.67. The van der Waals surface area contributed by atoms with Crippen LogP contribution in [0.15, 0.2) is 0 Å². The molecule has 2 rings (SSSR count). The Morgan fingerprint density at radius 2 is 1.38 bits per heavy atom. The highest BCUT2D eigenvalue weighted by Gasteiger charge is 2.41. The first-order valence-corrected chi connectivity index (χ1v) is 5.29. The predicted octanol–water partition coefficient (Wildman–Crippen LogP) is 3.10. The number of aromatic hydroxyl groups is 1. The molecule has 1 aliphatic heterocycles. The number of carbonyl (C=O) groups is 2. The molecule has 2 amide bonds. The summed E-state index contributed by atoms with van der Waals surface area (Å²) < 4.78 is 0.308. The molecule has 16 heavy (non-hydrogen) atoms. The fourth-order valence-corrected chi connectivity index (χ4v) is 2.21. The number of hydrogen-bond donors (Lipinski definition) is 1. The van der Waals surface area contributed by atoms with E-state index in [9.17, 15) is 14.7 Å². The van der Waals surface area contributed by atoms with Gasteiger partial charge in [-0.05, 0) is 0 Å². The third-order valence-corrected chi connectivity index (χ3v) is 3.71. The second-order valence-corrected chi connectivity index (χ2v) is 4.40. The number of imide groups is 1. The zero-order chi connectivity index (χ0) is 12.2. The molecule has 1 aliphatic rings. The van der Waals surface area contributed by atoms with E-state index in [-0.39, 0.29) is 26.2 Å². The Balaban J connectivity index is 2.91. The summed E-state index contributed by atoms with van der Waals surface area (Å²) in [6, 6.07) is 0. The molecule has 8 heteroatoms. The average Bonchev–Trinajstić information content (AvgIpc) is 2.48. The molecule has 1 aromatic carbocycles. The number of rotatable bonds is 0.